The highest BCUT2D eigenvalue weighted by Gasteiger charge is 2.36. The Labute approximate surface area is 121 Å². The SMILES string of the molecule is c1ccc(C[C@@H]2CC[C@H]3CCc4ccccc4N32)cc1. The number of para-hydroxylation sites is 1. The van der Waals surface area contributed by atoms with Gasteiger partial charge in [-0.2, -0.15) is 0 Å². The average Bonchev–Trinajstić information content (AvgIpc) is 2.92. The molecule has 0 bridgehead atoms. The Hall–Kier alpha value is -1.76. The van der Waals surface area contributed by atoms with Crippen LogP contribution in [0.5, 0.6) is 0 Å². The van der Waals surface area contributed by atoms with E-state index in [2.05, 4.69) is 59.5 Å². The van der Waals surface area contributed by atoms with Crippen LogP contribution in [0.25, 0.3) is 0 Å². The summed E-state index contributed by atoms with van der Waals surface area (Å²) in [5, 5.41) is 0. The van der Waals surface area contributed by atoms with E-state index in [4.69, 9.17) is 0 Å². The van der Waals surface area contributed by atoms with Crippen LogP contribution in [0.1, 0.15) is 30.4 Å². The third-order valence-electron chi connectivity index (χ3n) is 4.95. The average molecular weight is 263 g/mol. The minimum Gasteiger partial charge on any atom is -0.365 e. The van der Waals surface area contributed by atoms with Crippen LogP contribution < -0.4 is 4.90 Å². The van der Waals surface area contributed by atoms with E-state index in [9.17, 15) is 0 Å². The quantitative estimate of drug-likeness (QED) is 0.784. The molecule has 4 rings (SSSR count). The molecule has 2 heterocycles. The van der Waals surface area contributed by atoms with E-state index >= 15 is 0 Å². The third-order valence-corrected chi connectivity index (χ3v) is 4.95. The van der Waals surface area contributed by atoms with Gasteiger partial charge in [0.1, 0.15) is 0 Å². The zero-order valence-electron chi connectivity index (χ0n) is 11.8. The van der Waals surface area contributed by atoms with Crippen LogP contribution in [0.15, 0.2) is 54.6 Å². The summed E-state index contributed by atoms with van der Waals surface area (Å²) in [6.07, 6.45) is 6.49. The molecular weight excluding hydrogens is 242 g/mol. The lowest BCUT2D eigenvalue weighted by Crippen LogP contribution is -2.40. The molecule has 2 aliphatic rings. The van der Waals surface area contributed by atoms with Gasteiger partial charge >= 0.3 is 0 Å². The van der Waals surface area contributed by atoms with Gasteiger partial charge in [-0.1, -0.05) is 48.5 Å². The van der Waals surface area contributed by atoms with Crippen LogP contribution in [0.3, 0.4) is 0 Å². The highest BCUT2D eigenvalue weighted by Crippen LogP contribution is 2.40. The van der Waals surface area contributed by atoms with Crippen molar-refractivity contribution in [2.24, 2.45) is 0 Å². The van der Waals surface area contributed by atoms with Gasteiger partial charge in [-0.25, -0.2) is 0 Å². The Kier molecular flexibility index (Phi) is 2.99. The number of aryl methyl sites for hydroxylation is 1. The van der Waals surface area contributed by atoms with Crippen LogP contribution in [0, 0.1) is 0 Å². The fraction of sp³-hybridized carbons (Fsp3) is 0.368. The molecule has 102 valence electrons. The van der Waals surface area contributed by atoms with Crippen molar-refractivity contribution in [1.29, 1.82) is 0 Å². The van der Waals surface area contributed by atoms with Gasteiger partial charge in [0.05, 0.1) is 0 Å². The highest BCUT2D eigenvalue weighted by molar-refractivity contribution is 5.58. The Morgan fingerprint density at radius 3 is 2.55 bits per heavy atom. The van der Waals surface area contributed by atoms with Crippen molar-refractivity contribution in [2.45, 2.75) is 44.2 Å². The first-order valence-electron chi connectivity index (χ1n) is 7.82. The van der Waals surface area contributed by atoms with Crippen LogP contribution >= 0.6 is 0 Å². The maximum Gasteiger partial charge on any atom is 0.0403 e. The van der Waals surface area contributed by atoms with E-state index in [1.165, 1.54) is 43.4 Å². The molecule has 0 aromatic heterocycles. The van der Waals surface area contributed by atoms with Crippen molar-refractivity contribution in [3.63, 3.8) is 0 Å². The molecule has 2 aromatic carbocycles. The molecule has 0 aliphatic carbocycles. The molecule has 1 saturated heterocycles. The number of rotatable bonds is 2. The number of benzene rings is 2. The Bertz CT molecular complexity index is 590. The van der Waals surface area contributed by atoms with Gasteiger partial charge in [0.2, 0.25) is 0 Å². The predicted molar refractivity (Wildman–Crippen MR) is 84.2 cm³/mol. The van der Waals surface area contributed by atoms with Crippen molar-refractivity contribution in [1.82, 2.24) is 0 Å². The summed E-state index contributed by atoms with van der Waals surface area (Å²) >= 11 is 0. The Balaban J connectivity index is 1.64. The molecule has 2 aromatic rings. The first-order chi connectivity index (χ1) is 9.92. The van der Waals surface area contributed by atoms with E-state index in [0.29, 0.717) is 6.04 Å². The van der Waals surface area contributed by atoms with Gasteiger partial charge in [-0.05, 0) is 49.3 Å². The summed E-state index contributed by atoms with van der Waals surface area (Å²) < 4.78 is 0. The Morgan fingerprint density at radius 2 is 1.65 bits per heavy atom. The molecule has 0 N–H and O–H groups in total. The number of hydrogen-bond donors (Lipinski definition) is 0. The minimum absolute atomic E-state index is 0.684. The molecule has 2 atom stereocenters. The summed E-state index contributed by atoms with van der Waals surface area (Å²) in [6, 6.07) is 21.4. The molecule has 1 nitrogen and oxygen atoms in total. The Morgan fingerprint density at radius 1 is 0.850 bits per heavy atom. The first-order valence-corrected chi connectivity index (χ1v) is 7.82. The van der Waals surface area contributed by atoms with Gasteiger partial charge in [0, 0.05) is 17.8 Å². The number of fused-ring (bicyclic) bond motifs is 3. The van der Waals surface area contributed by atoms with Crippen molar-refractivity contribution < 1.29 is 0 Å². The lowest BCUT2D eigenvalue weighted by atomic mass is 9.96. The van der Waals surface area contributed by atoms with Crippen molar-refractivity contribution in [3.05, 3.63) is 65.7 Å². The standard InChI is InChI=1S/C19H21N/c1-2-6-15(7-3-1)14-18-13-12-17-11-10-16-8-4-5-9-19(16)20(17)18/h1-9,17-18H,10-14H2/t17-,18+/m1/s1. The van der Waals surface area contributed by atoms with Gasteiger partial charge in [0.25, 0.3) is 0 Å². The van der Waals surface area contributed by atoms with E-state index in [1.54, 1.807) is 5.56 Å². The summed E-state index contributed by atoms with van der Waals surface area (Å²) in [6.45, 7) is 0. The van der Waals surface area contributed by atoms with Crippen molar-refractivity contribution in [2.75, 3.05) is 4.90 Å². The minimum atomic E-state index is 0.684. The molecular formula is C19H21N. The lowest BCUT2D eigenvalue weighted by molar-refractivity contribution is 0.559. The maximum atomic E-state index is 2.73. The molecule has 0 amide bonds. The molecule has 20 heavy (non-hydrogen) atoms. The molecule has 0 saturated carbocycles. The number of nitrogens with zero attached hydrogens (tertiary/aromatic N) is 1. The molecule has 0 spiro atoms. The van der Waals surface area contributed by atoms with Crippen LogP contribution in [-0.2, 0) is 12.8 Å². The predicted octanol–water partition coefficient (Wildman–Crippen LogP) is 4.21. The fourth-order valence-electron chi connectivity index (χ4n) is 4.02. The smallest absolute Gasteiger partial charge is 0.0403 e. The molecule has 0 unspecified atom stereocenters. The van der Waals surface area contributed by atoms with E-state index < -0.39 is 0 Å². The van der Waals surface area contributed by atoms with Crippen LogP contribution in [0.2, 0.25) is 0 Å². The fourth-order valence-corrected chi connectivity index (χ4v) is 4.02. The first kappa shape index (κ1) is 12.0. The van der Waals surface area contributed by atoms with E-state index in [0.717, 1.165) is 6.04 Å². The second-order valence-corrected chi connectivity index (χ2v) is 6.15. The summed E-state index contributed by atoms with van der Waals surface area (Å²) in [5.74, 6) is 0. The third kappa shape index (κ3) is 2.02. The number of hydrogen-bond acceptors (Lipinski definition) is 1. The van der Waals surface area contributed by atoms with Crippen LogP contribution in [0.4, 0.5) is 5.69 Å². The van der Waals surface area contributed by atoms with E-state index in [-0.39, 0.29) is 0 Å². The summed E-state index contributed by atoms with van der Waals surface area (Å²) in [7, 11) is 0. The largest absolute Gasteiger partial charge is 0.365 e. The second-order valence-electron chi connectivity index (χ2n) is 6.15. The normalized spacial score (nSPS) is 24.3. The van der Waals surface area contributed by atoms with Gasteiger partial charge in [-0.15, -0.1) is 0 Å². The van der Waals surface area contributed by atoms with Crippen molar-refractivity contribution in [3.8, 4) is 0 Å². The zero-order chi connectivity index (χ0) is 13.4. The monoisotopic (exact) mass is 263 g/mol. The van der Waals surface area contributed by atoms with Gasteiger partial charge < -0.3 is 4.90 Å². The zero-order valence-corrected chi connectivity index (χ0v) is 11.8. The van der Waals surface area contributed by atoms with Crippen LogP contribution in [-0.4, -0.2) is 12.1 Å². The van der Waals surface area contributed by atoms with Gasteiger partial charge in [-0.3, -0.25) is 0 Å². The van der Waals surface area contributed by atoms with Crippen molar-refractivity contribution >= 4 is 5.69 Å². The summed E-state index contributed by atoms with van der Waals surface area (Å²) in [4.78, 5) is 2.73. The molecule has 1 fully saturated rings. The topological polar surface area (TPSA) is 3.24 Å². The van der Waals surface area contributed by atoms with E-state index in [1.807, 2.05) is 0 Å². The summed E-state index contributed by atoms with van der Waals surface area (Å²) in [5.41, 5.74) is 4.52. The molecule has 2 aliphatic heterocycles. The lowest BCUT2D eigenvalue weighted by Gasteiger charge is -2.38. The highest BCUT2D eigenvalue weighted by atomic mass is 15.2. The van der Waals surface area contributed by atoms with Gasteiger partial charge in [0.15, 0.2) is 0 Å². The molecule has 1 heteroatoms. The second kappa shape index (κ2) is 4.97. The number of anilines is 1. The molecule has 0 radical (unpaired) electrons. The maximum absolute atomic E-state index is 2.73.